The highest BCUT2D eigenvalue weighted by atomic mass is 16.3. The Hall–Kier alpha value is -0.120. The third-order valence-corrected chi connectivity index (χ3v) is 2.69. The first-order chi connectivity index (χ1) is 5.77. The second-order valence-corrected chi connectivity index (χ2v) is 3.81. The van der Waals surface area contributed by atoms with Gasteiger partial charge in [-0.3, -0.25) is 4.90 Å². The smallest absolute Gasteiger partial charge is 0.0599 e. The fourth-order valence-corrected chi connectivity index (χ4v) is 1.90. The number of nitrogens with two attached hydrogens (primary N) is 1. The van der Waals surface area contributed by atoms with Gasteiger partial charge < -0.3 is 10.8 Å². The minimum absolute atomic E-state index is 0.188. The first-order valence-electron chi connectivity index (χ1n) is 4.83. The Labute approximate surface area is 74.5 Å². The summed E-state index contributed by atoms with van der Waals surface area (Å²) in [6, 6.07) is 0.188. The molecule has 3 heteroatoms. The van der Waals surface area contributed by atoms with Gasteiger partial charge in [-0.1, -0.05) is 6.92 Å². The van der Waals surface area contributed by atoms with Crippen molar-refractivity contribution >= 4 is 0 Å². The number of likely N-dealkylation sites (tertiary alicyclic amines) is 1. The summed E-state index contributed by atoms with van der Waals surface area (Å²) in [5.41, 5.74) is 5.56. The zero-order valence-corrected chi connectivity index (χ0v) is 7.87. The molecule has 3 N–H and O–H groups in total. The van der Waals surface area contributed by atoms with E-state index in [4.69, 9.17) is 10.8 Å². The van der Waals surface area contributed by atoms with Crippen LogP contribution >= 0.6 is 0 Å². The van der Waals surface area contributed by atoms with Crippen LogP contribution in [-0.2, 0) is 0 Å². The van der Waals surface area contributed by atoms with E-state index in [9.17, 15) is 0 Å². The van der Waals surface area contributed by atoms with Crippen LogP contribution in [0, 0.1) is 5.92 Å². The monoisotopic (exact) mass is 172 g/mol. The fourth-order valence-electron chi connectivity index (χ4n) is 1.90. The van der Waals surface area contributed by atoms with Crippen molar-refractivity contribution in [1.82, 2.24) is 4.90 Å². The number of hydrogen-bond acceptors (Lipinski definition) is 3. The number of aliphatic hydroxyl groups is 1. The quantitative estimate of drug-likeness (QED) is 0.632. The number of rotatable bonds is 3. The maximum atomic E-state index is 9.04. The van der Waals surface area contributed by atoms with E-state index in [1.54, 1.807) is 0 Å². The lowest BCUT2D eigenvalue weighted by Gasteiger charge is -2.35. The molecular weight excluding hydrogens is 152 g/mol. The summed E-state index contributed by atoms with van der Waals surface area (Å²) in [4.78, 5) is 2.31. The molecule has 1 fully saturated rings. The Balaban J connectivity index is 2.38. The Kier molecular flexibility index (Phi) is 3.98. The van der Waals surface area contributed by atoms with Gasteiger partial charge in [0.1, 0.15) is 0 Å². The van der Waals surface area contributed by atoms with Gasteiger partial charge in [-0.15, -0.1) is 0 Å². The molecule has 0 aromatic rings. The van der Waals surface area contributed by atoms with Crippen LogP contribution in [0.5, 0.6) is 0 Å². The summed E-state index contributed by atoms with van der Waals surface area (Å²) < 4.78 is 0. The third-order valence-electron chi connectivity index (χ3n) is 2.69. The van der Waals surface area contributed by atoms with Gasteiger partial charge in [0.25, 0.3) is 0 Å². The number of piperidine rings is 1. The first-order valence-corrected chi connectivity index (χ1v) is 4.83. The van der Waals surface area contributed by atoms with Crippen LogP contribution in [0.4, 0.5) is 0 Å². The van der Waals surface area contributed by atoms with Gasteiger partial charge in [-0.05, 0) is 25.3 Å². The molecule has 1 aliphatic rings. The van der Waals surface area contributed by atoms with Gasteiger partial charge in [-0.25, -0.2) is 0 Å². The molecule has 3 nitrogen and oxygen atoms in total. The van der Waals surface area contributed by atoms with Crippen LogP contribution in [0.25, 0.3) is 0 Å². The summed E-state index contributed by atoms with van der Waals surface area (Å²) in [5, 5.41) is 9.04. The van der Waals surface area contributed by atoms with Crippen molar-refractivity contribution in [3.05, 3.63) is 0 Å². The van der Waals surface area contributed by atoms with Crippen LogP contribution in [0.3, 0.4) is 0 Å². The molecule has 0 amide bonds. The van der Waals surface area contributed by atoms with Crippen LogP contribution in [0.2, 0.25) is 0 Å². The van der Waals surface area contributed by atoms with Crippen molar-refractivity contribution < 1.29 is 5.11 Å². The molecule has 0 saturated carbocycles. The van der Waals surface area contributed by atoms with Gasteiger partial charge in [-0.2, -0.15) is 0 Å². The van der Waals surface area contributed by atoms with Crippen LogP contribution in [-0.4, -0.2) is 42.3 Å². The van der Waals surface area contributed by atoms with Crippen molar-refractivity contribution in [1.29, 1.82) is 0 Å². The van der Waals surface area contributed by atoms with E-state index in [1.165, 1.54) is 12.8 Å². The van der Waals surface area contributed by atoms with E-state index in [-0.39, 0.29) is 12.6 Å². The van der Waals surface area contributed by atoms with E-state index in [2.05, 4.69) is 11.8 Å². The standard InChI is InChI=1S/C9H20N2O/c1-8-3-2-4-11(6-8)9(5-10)7-12/h8-9,12H,2-7,10H2,1H3. The molecule has 1 heterocycles. The van der Waals surface area contributed by atoms with Crippen LogP contribution in [0.1, 0.15) is 19.8 Å². The summed E-state index contributed by atoms with van der Waals surface area (Å²) in [5.74, 6) is 0.763. The molecule has 72 valence electrons. The summed E-state index contributed by atoms with van der Waals surface area (Å²) in [6.45, 7) is 5.23. The minimum Gasteiger partial charge on any atom is -0.395 e. The molecule has 0 aromatic heterocycles. The Morgan fingerprint density at radius 1 is 1.67 bits per heavy atom. The number of hydrogen-bond donors (Lipinski definition) is 2. The van der Waals surface area contributed by atoms with Gasteiger partial charge in [0.2, 0.25) is 0 Å². The van der Waals surface area contributed by atoms with Crippen molar-refractivity contribution in [2.45, 2.75) is 25.8 Å². The van der Waals surface area contributed by atoms with E-state index >= 15 is 0 Å². The topological polar surface area (TPSA) is 49.5 Å². The Morgan fingerprint density at radius 3 is 2.92 bits per heavy atom. The summed E-state index contributed by atoms with van der Waals surface area (Å²) in [7, 11) is 0. The molecule has 0 bridgehead atoms. The minimum atomic E-state index is 0.188. The molecular formula is C9H20N2O. The second-order valence-electron chi connectivity index (χ2n) is 3.81. The number of aliphatic hydroxyl groups excluding tert-OH is 1. The van der Waals surface area contributed by atoms with Crippen molar-refractivity contribution in [2.24, 2.45) is 11.7 Å². The van der Waals surface area contributed by atoms with E-state index in [1.807, 2.05) is 0 Å². The normalized spacial score (nSPS) is 28.8. The molecule has 1 saturated heterocycles. The van der Waals surface area contributed by atoms with E-state index in [0.717, 1.165) is 19.0 Å². The number of nitrogens with zero attached hydrogens (tertiary/aromatic N) is 1. The van der Waals surface area contributed by atoms with Crippen molar-refractivity contribution in [2.75, 3.05) is 26.2 Å². The highest BCUT2D eigenvalue weighted by Crippen LogP contribution is 2.16. The molecule has 1 rings (SSSR count). The highest BCUT2D eigenvalue weighted by Gasteiger charge is 2.21. The van der Waals surface area contributed by atoms with Gasteiger partial charge in [0, 0.05) is 19.1 Å². The average Bonchev–Trinajstić information content (AvgIpc) is 2.07. The maximum Gasteiger partial charge on any atom is 0.0599 e. The lowest BCUT2D eigenvalue weighted by Crippen LogP contribution is -2.47. The maximum absolute atomic E-state index is 9.04. The molecule has 0 aliphatic carbocycles. The average molecular weight is 172 g/mol. The van der Waals surface area contributed by atoms with Gasteiger partial charge >= 0.3 is 0 Å². The van der Waals surface area contributed by atoms with Crippen LogP contribution < -0.4 is 5.73 Å². The zero-order chi connectivity index (χ0) is 8.97. The second kappa shape index (κ2) is 4.80. The highest BCUT2D eigenvalue weighted by molar-refractivity contribution is 4.77. The van der Waals surface area contributed by atoms with Gasteiger partial charge in [0.05, 0.1) is 6.61 Å². The van der Waals surface area contributed by atoms with E-state index in [0.29, 0.717) is 6.54 Å². The third kappa shape index (κ3) is 2.44. The fraction of sp³-hybridized carbons (Fsp3) is 1.00. The lowest BCUT2D eigenvalue weighted by atomic mass is 9.99. The largest absolute Gasteiger partial charge is 0.395 e. The summed E-state index contributed by atoms with van der Waals surface area (Å²) in [6.07, 6.45) is 2.57. The molecule has 0 radical (unpaired) electrons. The van der Waals surface area contributed by atoms with Crippen molar-refractivity contribution in [3.8, 4) is 0 Å². The zero-order valence-electron chi connectivity index (χ0n) is 7.87. The Bertz CT molecular complexity index is 126. The molecule has 0 aromatic carbocycles. The summed E-state index contributed by atoms with van der Waals surface area (Å²) >= 11 is 0. The lowest BCUT2D eigenvalue weighted by molar-refractivity contribution is 0.0884. The molecule has 1 aliphatic heterocycles. The SMILES string of the molecule is CC1CCCN(C(CN)CO)C1. The predicted octanol–water partition coefficient (Wildman–Crippen LogP) is 0.0379. The van der Waals surface area contributed by atoms with Gasteiger partial charge in [0.15, 0.2) is 0 Å². The molecule has 0 spiro atoms. The molecule has 2 atom stereocenters. The molecule has 12 heavy (non-hydrogen) atoms. The van der Waals surface area contributed by atoms with Crippen LogP contribution in [0.15, 0.2) is 0 Å². The molecule has 2 unspecified atom stereocenters. The van der Waals surface area contributed by atoms with Crippen molar-refractivity contribution in [3.63, 3.8) is 0 Å². The van der Waals surface area contributed by atoms with E-state index < -0.39 is 0 Å². The first kappa shape index (κ1) is 9.96. The predicted molar refractivity (Wildman–Crippen MR) is 49.9 cm³/mol. The Morgan fingerprint density at radius 2 is 2.42 bits per heavy atom.